The summed E-state index contributed by atoms with van der Waals surface area (Å²) in [5.41, 5.74) is 7.99. The molecule has 1 aromatic carbocycles. The predicted octanol–water partition coefficient (Wildman–Crippen LogP) is 1.52. The van der Waals surface area contributed by atoms with Gasteiger partial charge in [-0.25, -0.2) is 4.98 Å². The molecule has 5 heteroatoms. The first-order valence-corrected chi connectivity index (χ1v) is 5.43. The summed E-state index contributed by atoms with van der Waals surface area (Å²) in [6, 6.07) is 9.65. The van der Waals surface area contributed by atoms with Gasteiger partial charge in [-0.05, 0) is 12.1 Å². The second-order valence-electron chi connectivity index (χ2n) is 3.87. The summed E-state index contributed by atoms with van der Waals surface area (Å²) in [7, 11) is 0. The number of nitrogens with two attached hydrogens (primary N) is 1. The summed E-state index contributed by atoms with van der Waals surface area (Å²) >= 11 is 0. The summed E-state index contributed by atoms with van der Waals surface area (Å²) in [6.45, 7) is 0. The van der Waals surface area contributed by atoms with E-state index in [1.807, 2.05) is 34.9 Å². The van der Waals surface area contributed by atoms with Crippen LogP contribution in [-0.4, -0.2) is 20.4 Å². The minimum atomic E-state index is -0.509. The van der Waals surface area contributed by atoms with Crippen LogP contribution < -0.4 is 5.73 Å². The third kappa shape index (κ3) is 1.53. The van der Waals surface area contributed by atoms with E-state index in [0.717, 1.165) is 5.69 Å². The minimum Gasteiger partial charge on any atom is -0.365 e. The largest absolute Gasteiger partial charge is 0.365 e. The summed E-state index contributed by atoms with van der Waals surface area (Å²) in [5.74, 6) is -0.509. The van der Waals surface area contributed by atoms with Crippen molar-refractivity contribution >= 4 is 16.9 Å². The van der Waals surface area contributed by atoms with E-state index >= 15 is 0 Å². The molecule has 0 radical (unpaired) electrons. The zero-order valence-electron chi connectivity index (χ0n) is 9.45. The average Bonchev–Trinajstić information content (AvgIpc) is 2.83. The molecular weight excluding hydrogens is 228 g/mol. The Hall–Kier alpha value is -2.69. The highest BCUT2D eigenvalue weighted by molar-refractivity contribution is 6.04. The number of aromatic nitrogens is 3. The number of hydrogen-bond donors (Lipinski definition) is 1. The standard InChI is InChI=1S/C13H10N4O/c14-13(18)10-6-15-7-11-12(10)17(8-16-11)9-4-2-1-3-5-9/h1-8H,(H2,14,18). The van der Waals surface area contributed by atoms with Crippen LogP contribution in [0.3, 0.4) is 0 Å². The van der Waals surface area contributed by atoms with Crippen molar-refractivity contribution in [2.45, 2.75) is 0 Å². The molecule has 0 aliphatic rings. The van der Waals surface area contributed by atoms with E-state index in [9.17, 15) is 4.79 Å². The fourth-order valence-corrected chi connectivity index (χ4v) is 1.93. The molecule has 0 atom stereocenters. The van der Waals surface area contributed by atoms with E-state index in [2.05, 4.69) is 9.97 Å². The zero-order chi connectivity index (χ0) is 12.5. The highest BCUT2D eigenvalue weighted by Crippen LogP contribution is 2.20. The summed E-state index contributed by atoms with van der Waals surface area (Å²) in [5, 5.41) is 0. The SMILES string of the molecule is NC(=O)c1cncc2ncn(-c3ccccc3)c12. The lowest BCUT2D eigenvalue weighted by atomic mass is 10.2. The maximum Gasteiger partial charge on any atom is 0.252 e. The van der Waals surface area contributed by atoms with Gasteiger partial charge in [0, 0.05) is 11.9 Å². The zero-order valence-corrected chi connectivity index (χ0v) is 9.45. The molecule has 0 unspecified atom stereocenters. The second-order valence-corrected chi connectivity index (χ2v) is 3.87. The average molecular weight is 238 g/mol. The van der Waals surface area contributed by atoms with Crippen LogP contribution in [-0.2, 0) is 0 Å². The Bertz CT molecular complexity index is 718. The number of hydrogen-bond acceptors (Lipinski definition) is 3. The van der Waals surface area contributed by atoms with Gasteiger partial charge in [0.2, 0.25) is 0 Å². The van der Waals surface area contributed by atoms with Crippen LogP contribution in [0, 0.1) is 0 Å². The first kappa shape index (κ1) is 10.5. The van der Waals surface area contributed by atoms with Crippen LogP contribution in [0.25, 0.3) is 16.7 Å². The Morgan fingerprint density at radius 3 is 2.67 bits per heavy atom. The summed E-state index contributed by atoms with van der Waals surface area (Å²) < 4.78 is 1.83. The quantitative estimate of drug-likeness (QED) is 0.735. The van der Waals surface area contributed by atoms with E-state index in [4.69, 9.17) is 5.73 Å². The van der Waals surface area contributed by atoms with Crippen molar-refractivity contribution in [1.82, 2.24) is 14.5 Å². The third-order valence-electron chi connectivity index (χ3n) is 2.75. The molecule has 88 valence electrons. The minimum absolute atomic E-state index is 0.369. The summed E-state index contributed by atoms with van der Waals surface area (Å²) in [6.07, 6.45) is 4.74. The Balaban J connectivity index is 2.35. The molecule has 0 fully saturated rings. The lowest BCUT2D eigenvalue weighted by molar-refractivity contribution is 0.100. The molecule has 0 saturated heterocycles. The number of rotatable bonds is 2. The van der Waals surface area contributed by atoms with Gasteiger partial charge in [-0.3, -0.25) is 14.3 Å². The van der Waals surface area contributed by atoms with Crippen LogP contribution in [0.4, 0.5) is 0 Å². The van der Waals surface area contributed by atoms with Crippen molar-refractivity contribution in [2.75, 3.05) is 0 Å². The normalized spacial score (nSPS) is 10.7. The molecule has 3 aromatic rings. The summed E-state index contributed by atoms with van der Waals surface area (Å²) in [4.78, 5) is 19.6. The highest BCUT2D eigenvalue weighted by atomic mass is 16.1. The third-order valence-corrected chi connectivity index (χ3v) is 2.75. The molecule has 0 spiro atoms. The van der Waals surface area contributed by atoms with E-state index in [1.165, 1.54) is 6.20 Å². The van der Waals surface area contributed by atoms with Gasteiger partial charge in [0.15, 0.2) is 0 Å². The maximum atomic E-state index is 11.4. The molecule has 0 bridgehead atoms. The van der Waals surface area contributed by atoms with Crippen molar-refractivity contribution in [3.8, 4) is 5.69 Å². The number of carbonyl (C=O) groups is 1. The Morgan fingerprint density at radius 1 is 1.17 bits per heavy atom. The highest BCUT2D eigenvalue weighted by Gasteiger charge is 2.13. The van der Waals surface area contributed by atoms with Gasteiger partial charge < -0.3 is 5.73 Å². The van der Waals surface area contributed by atoms with Gasteiger partial charge in [0.25, 0.3) is 5.91 Å². The number of amides is 1. The number of fused-ring (bicyclic) bond motifs is 1. The molecule has 0 aliphatic heterocycles. The van der Waals surface area contributed by atoms with Crippen molar-refractivity contribution in [1.29, 1.82) is 0 Å². The van der Waals surface area contributed by atoms with Crippen molar-refractivity contribution in [2.24, 2.45) is 5.73 Å². The van der Waals surface area contributed by atoms with E-state index in [-0.39, 0.29) is 0 Å². The first-order valence-electron chi connectivity index (χ1n) is 5.43. The fourth-order valence-electron chi connectivity index (χ4n) is 1.93. The molecule has 2 N–H and O–H groups in total. The molecule has 5 nitrogen and oxygen atoms in total. The maximum absolute atomic E-state index is 11.4. The van der Waals surface area contributed by atoms with Crippen LogP contribution >= 0.6 is 0 Å². The van der Waals surface area contributed by atoms with Crippen molar-refractivity contribution < 1.29 is 4.79 Å². The molecule has 3 rings (SSSR count). The van der Waals surface area contributed by atoms with E-state index < -0.39 is 5.91 Å². The smallest absolute Gasteiger partial charge is 0.252 e. The number of para-hydroxylation sites is 1. The lowest BCUT2D eigenvalue weighted by Gasteiger charge is -2.05. The molecule has 1 amide bonds. The number of pyridine rings is 1. The first-order chi connectivity index (χ1) is 8.77. The van der Waals surface area contributed by atoms with Gasteiger partial charge >= 0.3 is 0 Å². The van der Waals surface area contributed by atoms with Crippen molar-refractivity contribution in [3.63, 3.8) is 0 Å². The van der Waals surface area contributed by atoms with Crippen LogP contribution in [0.15, 0.2) is 49.1 Å². The van der Waals surface area contributed by atoms with E-state index in [0.29, 0.717) is 16.6 Å². The number of primary amides is 1. The molecule has 18 heavy (non-hydrogen) atoms. The monoisotopic (exact) mass is 238 g/mol. The molecule has 0 aliphatic carbocycles. The van der Waals surface area contributed by atoms with Gasteiger partial charge in [-0.15, -0.1) is 0 Å². The Kier molecular flexibility index (Phi) is 2.30. The molecular formula is C13H10N4O. The van der Waals surface area contributed by atoms with Crippen molar-refractivity contribution in [3.05, 3.63) is 54.6 Å². The topological polar surface area (TPSA) is 73.8 Å². The van der Waals surface area contributed by atoms with Gasteiger partial charge in [0.1, 0.15) is 11.8 Å². The molecule has 2 heterocycles. The fraction of sp³-hybridized carbons (Fsp3) is 0. The number of carbonyl (C=O) groups excluding carboxylic acids is 1. The number of nitrogens with zero attached hydrogens (tertiary/aromatic N) is 3. The Labute approximate surface area is 103 Å². The second kappa shape index (κ2) is 3.96. The van der Waals surface area contributed by atoms with Crippen LogP contribution in [0.1, 0.15) is 10.4 Å². The lowest BCUT2D eigenvalue weighted by Crippen LogP contribution is -2.13. The number of benzene rings is 1. The van der Waals surface area contributed by atoms with Crippen LogP contribution in [0.5, 0.6) is 0 Å². The van der Waals surface area contributed by atoms with Gasteiger partial charge in [-0.2, -0.15) is 0 Å². The van der Waals surface area contributed by atoms with Crippen LogP contribution in [0.2, 0.25) is 0 Å². The van der Waals surface area contributed by atoms with Gasteiger partial charge in [0.05, 0.1) is 17.3 Å². The van der Waals surface area contributed by atoms with E-state index in [1.54, 1.807) is 12.5 Å². The predicted molar refractivity (Wildman–Crippen MR) is 67.4 cm³/mol. The Morgan fingerprint density at radius 2 is 1.94 bits per heavy atom. The van der Waals surface area contributed by atoms with Gasteiger partial charge in [-0.1, -0.05) is 18.2 Å². The number of imidazole rings is 1. The molecule has 2 aromatic heterocycles. The molecule has 0 saturated carbocycles.